The predicted octanol–water partition coefficient (Wildman–Crippen LogP) is 2.62. The molecule has 0 fully saturated rings. The lowest BCUT2D eigenvalue weighted by Gasteiger charge is -2.13. The van der Waals surface area contributed by atoms with Gasteiger partial charge < -0.3 is 0 Å². The molecule has 3 aromatic rings. The molecule has 0 aliphatic carbocycles. The summed E-state index contributed by atoms with van der Waals surface area (Å²) in [6.45, 7) is 0. The van der Waals surface area contributed by atoms with Crippen LogP contribution in [0.25, 0.3) is 5.65 Å². The van der Waals surface area contributed by atoms with Gasteiger partial charge in [0.05, 0.1) is 0 Å². The van der Waals surface area contributed by atoms with Gasteiger partial charge in [-0.2, -0.15) is 13.8 Å². The van der Waals surface area contributed by atoms with Crippen molar-refractivity contribution < 1.29 is 13.6 Å². The molecule has 0 bridgehead atoms. The maximum absolute atomic E-state index is 14.0. The summed E-state index contributed by atoms with van der Waals surface area (Å²) in [7, 11) is 0. The van der Waals surface area contributed by atoms with Crippen LogP contribution in [0.2, 0.25) is 0 Å². The van der Waals surface area contributed by atoms with Gasteiger partial charge in [-0.1, -0.05) is 22.0 Å². The Morgan fingerprint density at radius 1 is 1.32 bits per heavy atom. The minimum atomic E-state index is -3.78. The molecule has 0 unspecified atom stereocenters. The number of nitrogens with one attached hydrogen (secondary N) is 1. The van der Waals surface area contributed by atoms with Crippen molar-refractivity contribution in [3.8, 4) is 0 Å². The zero-order chi connectivity index (χ0) is 15.7. The van der Waals surface area contributed by atoms with Crippen molar-refractivity contribution in [3.05, 3.63) is 52.9 Å². The number of rotatable bonds is 3. The Bertz CT molecular complexity index is 837. The fraction of sp³-hybridized carbons (Fsp3) is 0.0769. The standard InChI is InChI=1S/C13H8BrF2N5O/c14-8-4-6-21-10(7-8)18-12(20-21)19-11(22)13(15,16)9-3-1-2-5-17-9/h1-7H,(H,19,20,22). The largest absolute Gasteiger partial charge is 0.366 e. The molecule has 0 saturated heterocycles. The molecule has 1 amide bonds. The van der Waals surface area contributed by atoms with Gasteiger partial charge in [0.15, 0.2) is 5.65 Å². The highest BCUT2D eigenvalue weighted by molar-refractivity contribution is 9.10. The molecule has 0 aliphatic rings. The first-order chi connectivity index (χ1) is 10.5. The Balaban J connectivity index is 1.86. The lowest BCUT2D eigenvalue weighted by atomic mass is 10.2. The van der Waals surface area contributed by atoms with Crippen LogP contribution >= 0.6 is 15.9 Å². The van der Waals surface area contributed by atoms with E-state index in [4.69, 9.17) is 0 Å². The number of aromatic nitrogens is 4. The third-order valence-corrected chi connectivity index (χ3v) is 3.29. The maximum Gasteiger partial charge on any atom is 0.366 e. The van der Waals surface area contributed by atoms with Crippen LogP contribution in [0.5, 0.6) is 0 Å². The molecule has 22 heavy (non-hydrogen) atoms. The van der Waals surface area contributed by atoms with Gasteiger partial charge in [0.25, 0.3) is 0 Å². The van der Waals surface area contributed by atoms with Crippen molar-refractivity contribution in [2.75, 3.05) is 5.32 Å². The highest BCUT2D eigenvalue weighted by Crippen LogP contribution is 2.27. The first-order valence-electron chi connectivity index (χ1n) is 6.09. The number of hydrogen-bond acceptors (Lipinski definition) is 4. The first kappa shape index (κ1) is 14.5. The molecule has 1 N–H and O–H groups in total. The molecule has 0 radical (unpaired) electrons. The van der Waals surface area contributed by atoms with Crippen molar-refractivity contribution in [2.24, 2.45) is 0 Å². The van der Waals surface area contributed by atoms with E-state index in [-0.39, 0.29) is 5.95 Å². The molecule has 112 valence electrons. The third kappa shape index (κ3) is 2.67. The number of hydrogen-bond donors (Lipinski definition) is 1. The molecule has 0 aliphatic heterocycles. The van der Waals surface area contributed by atoms with E-state index >= 15 is 0 Å². The van der Waals surface area contributed by atoms with Crippen LogP contribution in [0.3, 0.4) is 0 Å². The summed E-state index contributed by atoms with van der Waals surface area (Å²) < 4.78 is 30.1. The third-order valence-electron chi connectivity index (χ3n) is 2.80. The summed E-state index contributed by atoms with van der Waals surface area (Å²) in [4.78, 5) is 19.2. The van der Waals surface area contributed by atoms with E-state index in [0.29, 0.717) is 5.65 Å². The highest BCUT2D eigenvalue weighted by atomic mass is 79.9. The highest BCUT2D eigenvalue weighted by Gasteiger charge is 2.42. The van der Waals surface area contributed by atoms with E-state index < -0.39 is 17.5 Å². The number of carbonyl (C=O) groups is 1. The average molecular weight is 368 g/mol. The van der Waals surface area contributed by atoms with Crippen LogP contribution in [0.1, 0.15) is 5.69 Å². The number of fused-ring (bicyclic) bond motifs is 1. The van der Waals surface area contributed by atoms with Crippen molar-refractivity contribution in [1.82, 2.24) is 19.6 Å². The Kier molecular flexibility index (Phi) is 3.57. The molecule has 3 rings (SSSR count). The Morgan fingerprint density at radius 3 is 2.86 bits per heavy atom. The Morgan fingerprint density at radius 2 is 2.14 bits per heavy atom. The van der Waals surface area contributed by atoms with Crippen LogP contribution < -0.4 is 5.32 Å². The molecular weight excluding hydrogens is 360 g/mol. The van der Waals surface area contributed by atoms with E-state index in [0.717, 1.165) is 10.5 Å². The SMILES string of the molecule is O=C(Nc1nc2cc(Br)ccn2n1)C(F)(F)c1ccccn1. The van der Waals surface area contributed by atoms with Crippen LogP contribution in [0, 0.1) is 0 Å². The Hall–Kier alpha value is -2.42. The number of nitrogens with zero attached hydrogens (tertiary/aromatic N) is 4. The summed E-state index contributed by atoms with van der Waals surface area (Å²) in [6, 6.07) is 7.28. The van der Waals surface area contributed by atoms with Gasteiger partial charge in [0.2, 0.25) is 5.95 Å². The average Bonchev–Trinajstić information content (AvgIpc) is 2.89. The number of amides is 1. The van der Waals surface area contributed by atoms with Crippen LogP contribution in [0.15, 0.2) is 47.2 Å². The summed E-state index contributed by atoms with van der Waals surface area (Å²) in [5, 5.41) is 5.90. The lowest BCUT2D eigenvalue weighted by Crippen LogP contribution is -2.33. The smallest absolute Gasteiger partial charge is 0.288 e. The van der Waals surface area contributed by atoms with Crippen molar-refractivity contribution in [1.29, 1.82) is 0 Å². The van der Waals surface area contributed by atoms with Gasteiger partial charge in [0.1, 0.15) is 5.69 Å². The topological polar surface area (TPSA) is 72.2 Å². The Labute approximate surface area is 131 Å². The molecular formula is C13H8BrF2N5O. The fourth-order valence-corrected chi connectivity index (χ4v) is 2.08. The molecule has 0 atom stereocenters. The molecule has 3 aromatic heterocycles. The van der Waals surface area contributed by atoms with Gasteiger partial charge in [0, 0.05) is 16.9 Å². The normalized spacial score (nSPS) is 11.6. The van der Waals surface area contributed by atoms with Gasteiger partial charge in [-0.3, -0.25) is 15.1 Å². The molecule has 0 saturated carbocycles. The molecule has 0 spiro atoms. The maximum atomic E-state index is 14.0. The van der Waals surface area contributed by atoms with Crippen LogP contribution in [-0.2, 0) is 10.7 Å². The minimum absolute atomic E-state index is 0.210. The van der Waals surface area contributed by atoms with Crippen molar-refractivity contribution in [3.63, 3.8) is 0 Å². The lowest BCUT2D eigenvalue weighted by molar-refractivity contribution is -0.141. The van der Waals surface area contributed by atoms with E-state index in [1.165, 1.54) is 22.8 Å². The number of halogens is 3. The van der Waals surface area contributed by atoms with Crippen LogP contribution in [-0.4, -0.2) is 25.5 Å². The minimum Gasteiger partial charge on any atom is -0.288 e. The van der Waals surface area contributed by atoms with E-state index in [2.05, 4.69) is 31.0 Å². The number of carbonyl (C=O) groups excluding carboxylic acids is 1. The number of alkyl halides is 2. The van der Waals surface area contributed by atoms with Crippen LogP contribution in [0.4, 0.5) is 14.7 Å². The molecule has 0 aromatic carbocycles. The summed E-state index contributed by atoms with van der Waals surface area (Å²) in [5.74, 6) is -5.53. The molecule has 9 heteroatoms. The summed E-state index contributed by atoms with van der Waals surface area (Å²) >= 11 is 3.26. The monoisotopic (exact) mass is 367 g/mol. The quantitative estimate of drug-likeness (QED) is 0.772. The fourth-order valence-electron chi connectivity index (χ4n) is 1.75. The summed E-state index contributed by atoms with van der Waals surface area (Å²) in [5.41, 5.74) is -0.232. The predicted molar refractivity (Wildman–Crippen MR) is 77.4 cm³/mol. The first-order valence-corrected chi connectivity index (χ1v) is 6.89. The second-order valence-electron chi connectivity index (χ2n) is 4.33. The molecule has 3 heterocycles. The van der Waals surface area contributed by atoms with E-state index in [1.807, 2.05) is 5.32 Å². The number of pyridine rings is 2. The van der Waals surface area contributed by atoms with E-state index in [9.17, 15) is 13.6 Å². The van der Waals surface area contributed by atoms with Gasteiger partial charge in [-0.05, 0) is 24.3 Å². The second-order valence-corrected chi connectivity index (χ2v) is 5.24. The van der Waals surface area contributed by atoms with Gasteiger partial charge in [-0.25, -0.2) is 4.52 Å². The molecule has 6 nitrogen and oxygen atoms in total. The summed E-state index contributed by atoms with van der Waals surface area (Å²) in [6.07, 6.45) is 2.77. The zero-order valence-electron chi connectivity index (χ0n) is 10.9. The number of anilines is 1. The second kappa shape index (κ2) is 5.41. The van der Waals surface area contributed by atoms with Gasteiger partial charge in [-0.15, -0.1) is 5.10 Å². The van der Waals surface area contributed by atoms with E-state index in [1.54, 1.807) is 18.3 Å². The van der Waals surface area contributed by atoms with Crippen molar-refractivity contribution >= 4 is 33.4 Å². The van der Waals surface area contributed by atoms with Crippen molar-refractivity contribution in [2.45, 2.75) is 5.92 Å². The van der Waals surface area contributed by atoms with Gasteiger partial charge >= 0.3 is 11.8 Å². The zero-order valence-corrected chi connectivity index (χ0v) is 12.5.